The third kappa shape index (κ3) is 6.96. The minimum Gasteiger partial charge on any atom is -0.0928 e. The molecule has 2 heteroatoms. The van der Waals surface area contributed by atoms with E-state index in [2.05, 4.69) is 137 Å². The zero-order chi connectivity index (χ0) is 20.2. The van der Waals surface area contributed by atoms with Crippen molar-refractivity contribution in [2.75, 3.05) is 5.33 Å². The van der Waals surface area contributed by atoms with E-state index >= 15 is 0 Å². The fraction of sp³-hybridized carbons (Fsp3) is 0.111. The standard InChI is InChI=1S/C18H15P.C9H11Br/c1-4-10-16(11-5-1)19(17-12-6-2-7-13-17)18-14-8-3-9-15-18;10-8-4-7-9-5-2-1-3-6-9/h1-15H;1-3,5-6H,4,7-8H2. The molecule has 4 rings (SSSR count). The lowest BCUT2D eigenvalue weighted by atomic mass is 10.1. The molecule has 4 aromatic carbocycles. The van der Waals surface area contributed by atoms with Gasteiger partial charge in [-0.2, -0.15) is 0 Å². The van der Waals surface area contributed by atoms with Gasteiger partial charge in [-0.15, -0.1) is 0 Å². The summed E-state index contributed by atoms with van der Waals surface area (Å²) in [5.74, 6) is 0. The Kier molecular flexibility index (Phi) is 9.17. The Morgan fingerprint density at radius 3 is 1.17 bits per heavy atom. The van der Waals surface area contributed by atoms with Crippen LogP contribution in [0.2, 0.25) is 0 Å². The molecule has 0 aliphatic carbocycles. The molecule has 0 fully saturated rings. The summed E-state index contributed by atoms with van der Waals surface area (Å²) >= 11 is 3.41. The summed E-state index contributed by atoms with van der Waals surface area (Å²) in [6.07, 6.45) is 2.41. The number of rotatable bonds is 6. The van der Waals surface area contributed by atoms with Crippen molar-refractivity contribution in [3.05, 3.63) is 127 Å². The molecular weight excluding hydrogens is 435 g/mol. The van der Waals surface area contributed by atoms with Crippen LogP contribution in [-0.2, 0) is 6.42 Å². The number of hydrogen-bond donors (Lipinski definition) is 0. The highest BCUT2D eigenvalue weighted by Gasteiger charge is 2.14. The van der Waals surface area contributed by atoms with Gasteiger partial charge in [-0.3, -0.25) is 0 Å². The maximum atomic E-state index is 3.41. The number of benzene rings is 4. The predicted octanol–water partition coefficient (Wildman–Crippen LogP) is 6.46. The second kappa shape index (κ2) is 12.4. The zero-order valence-electron chi connectivity index (χ0n) is 16.5. The molecule has 29 heavy (non-hydrogen) atoms. The largest absolute Gasteiger partial charge is 0.0928 e. The van der Waals surface area contributed by atoms with Crippen molar-refractivity contribution in [3.63, 3.8) is 0 Å². The molecule has 0 nitrogen and oxygen atoms in total. The maximum absolute atomic E-state index is 3.41. The van der Waals surface area contributed by atoms with Crippen LogP contribution in [0.4, 0.5) is 0 Å². The van der Waals surface area contributed by atoms with Gasteiger partial charge in [-0.1, -0.05) is 137 Å². The quantitative estimate of drug-likeness (QED) is 0.228. The Labute approximate surface area is 184 Å². The first-order valence-corrected chi connectivity index (χ1v) is 12.4. The van der Waals surface area contributed by atoms with Gasteiger partial charge in [0.2, 0.25) is 0 Å². The van der Waals surface area contributed by atoms with Crippen molar-refractivity contribution in [1.29, 1.82) is 0 Å². The van der Waals surface area contributed by atoms with Crippen molar-refractivity contribution in [2.45, 2.75) is 12.8 Å². The molecule has 0 aromatic heterocycles. The number of hydrogen-bond acceptors (Lipinski definition) is 0. The third-order valence-corrected chi connectivity index (χ3v) is 7.49. The third-order valence-electron chi connectivity index (χ3n) is 4.49. The smallest absolute Gasteiger partial charge is 0.00344 e. The number of halogens is 1. The summed E-state index contributed by atoms with van der Waals surface area (Å²) in [4.78, 5) is 0. The molecule has 0 heterocycles. The van der Waals surface area contributed by atoms with Gasteiger partial charge < -0.3 is 0 Å². The molecule has 4 aromatic rings. The zero-order valence-corrected chi connectivity index (χ0v) is 19.0. The van der Waals surface area contributed by atoms with Crippen LogP contribution in [-0.4, -0.2) is 5.33 Å². The first-order chi connectivity index (χ1) is 14.4. The topological polar surface area (TPSA) is 0 Å². The molecule has 0 amide bonds. The van der Waals surface area contributed by atoms with E-state index in [4.69, 9.17) is 0 Å². The van der Waals surface area contributed by atoms with Gasteiger partial charge in [-0.05, 0) is 42.2 Å². The van der Waals surface area contributed by atoms with E-state index in [0.717, 1.165) is 5.33 Å². The monoisotopic (exact) mass is 460 g/mol. The molecule has 0 saturated carbocycles. The van der Waals surface area contributed by atoms with Gasteiger partial charge in [0.05, 0.1) is 0 Å². The molecule has 0 N–H and O–H groups in total. The molecular formula is C27H26BrP. The average molecular weight is 461 g/mol. The van der Waals surface area contributed by atoms with Crippen molar-refractivity contribution < 1.29 is 0 Å². The van der Waals surface area contributed by atoms with Crippen molar-refractivity contribution in [2.24, 2.45) is 0 Å². The highest BCUT2D eigenvalue weighted by Crippen LogP contribution is 2.32. The average Bonchev–Trinajstić information content (AvgIpc) is 2.81. The molecule has 146 valence electrons. The van der Waals surface area contributed by atoms with E-state index in [9.17, 15) is 0 Å². The van der Waals surface area contributed by atoms with Crippen LogP contribution in [0, 0.1) is 0 Å². The molecule has 0 saturated heterocycles. The molecule has 0 aliphatic rings. The van der Waals surface area contributed by atoms with E-state index < -0.39 is 7.92 Å². The fourth-order valence-electron chi connectivity index (χ4n) is 3.09. The predicted molar refractivity (Wildman–Crippen MR) is 134 cm³/mol. The molecule has 0 radical (unpaired) electrons. The number of aryl methyl sites for hydroxylation is 1. The Bertz CT molecular complexity index is 831. The Balaban J connectivity index is 0.000000204. The second-order valence-corrected chi connectivity index (χ2v) is 9.63. The summed E-state index contributed by atoms with van der Waals surface area (Å²) in [7, 11) is -0.446. The molecule has 0 spiro atoms. The van der Waals surface area contributed by atoms with E-state index in [0.29, 0.717) is 0 Å². The van der Waals surface area contributed by atoms with Gasteiger partial charge in [0.1, 0.15) is 0 Å². The minimum atomic E-state index is -0.446. The van der Waals surface area contributed by atoms with Gasteiger partial charge in [0, 0.05) is 5.33 Å². The van der Waals surface area contributed by atoms with Crippen LogP contribution in [0.15, 0.2) is 121 Å². The molecule has 0 aliphatic heterocycles. The Morgan fingerprint density at radius 2 is 0.828 bits per heavy atom. The van der Waals surface area contributed by atoms with Gasteiger partial charge in [-0.25, -0.2) is 0 Å². The summed E-state index contributed by atoms with van der Waals surface area (Å²) in [6, 6.07) is 42.9. The first-order valence-electron chi connectivity index (χ1n) is 9.93. The lowest BCUT2D eigenvalue weighted by molar-refractivity contribution is 0.940. The fourth-order valence-corrected chi connectivity index (χ4v) is 5.68. The molecule has 0 bridgehead atoms. The van der Waals surface area contributed by atoms with Crippen LogP contribution in [0.1, 0.15) is 12.0 Å². The van der Waals surface area contributed by atoms with E-state index in [1.807, 2.05) is 0 Å². The van der Waals surface area contributed by atoms with Crippen LogP contribution in [0.3, 0.4) is 0 Å². The first kappa shape index (κ1) is 21.5. The van der Waals surface area contributed by atoms with Crippen LogP contribution in [0.25, 0.3) is 0 Å². The molecule has 0 atom stereocenters. The Morgan fingerprint density at radius 1 is 0.483 bits per heavy atom. The van der Waals surface area contributed by atoms with Gasteiger partial charge in [0.25, 0.3) is 0 Å². The van der Waals surface area contributed by atoms with E-state index in [-0.39, 0.29) is 0 Å². The minimum absolute atomic E-state index is 0.446. The normalized spacial score (nSPS) is 10.3. The highest BCUT2D eigenvalue weighted by molar-refractivity contribution is 9.09. The van der Waals surface area contributed by atoms with Crippen LogP contribution in [0.5, 0.6) is 0 Å². The number of alkyl halides is 1. The van der Waals surface area contributed by atoms with Crippen LogP contribution < -0.4 is 15.9 Å². The molecule has 0 unspecified atom stereocenters. The second-order valence-electron chi connectivity index (χ2n) is 6.62. The van der Waals surface area contributed by atoms with Crippen LogP contribution >= 0.6 is 23.9 Å². The highest BCUT2D eigenvalue weighted by atomic mass is 79.9. The van der Waals surface area contributed by atoms with Gasteiger partial charge in [0.15, 0.2) is 0 Å². The van der Waals surface area contributed by atoms with E-state index in [1.165, 1.54) is 34.3 Å². The van der Waals surface area contributed by atoms with E-state index in [1.54, 1.807) is 0 Å². The van der Waals surface area contributed by atoms with Crippen molar-refractivity contribution >= 4 is 39.8 Å². The maximum Gasteiger partial charge on any atom is 0.00344 e. The summed E-state index contributed by atoms with van der Waals surface area (Å²) in [5, 5.41) is 5.29. The summed E-state index contributed by atoms with van der Waals surface area (Å²) in [6.45, 7) is 0. The lowest BCUT2D eigenvalue weighted by Crippen LogP contribution is -2.20. The van der Waals surface area contributed by atoms with Crippen molar-refractivity contribution in [1.82, 2.24) is 0 Å². The van der Waals surface area contributed by atoms with Gasteiger partial charge >= 0.3 is 0 Å². The SMILES string of the molecule is BrCCCc1ccccc1.c1ccc(P(c2ccccc2)c2ccccc2)cc1. The Hall–Kier alpha value is -2.21. The summed E-state index contributed by atoms with van der Waals surface area (Å²) in [5.41, 5.74) is 1.43. The van der Waals surface area contributed by atoms with Crippen molar-refractivity contribution in [3.8, 4) is 0 Å². The summed E-state index contributed by atoms with van der Waals surface area (Å²) < 4.78 is 0. The lowest BCUT2D eigenvalue weighted by Gasteiger charge is -2.18.